The molecule has 0 radical (unpaired) electrons. The first-order chi connectivity index (χ1) is 14.2. The Morgan fingerprint density at radius 1 is 1.10 bits per heavy atom. The third kappa shape index (κ3) is 5.11. The Kier molecular flexibility index (Phi) is 6.71. The van der Waals surface area contributed by atoms with Gasteiger partial charge < -0.3 is 19.7 Å². The Morgan fingerprint density at radius 2 is 1.83 bits per heavy atom. The molecule has 8 heteroatoms. The molecule has 2 aliphatic rings. The zero-order chi connectivity index (χ0) is 20.1. The zero-order valence-corrected chi connectivity index (χ0v) is 17.9. The fourth-order valence-electron chi connectivity index (χ4n) is 4.14. The number of urea groups is 1. The lowest BCUT2D eigenvalue weighted by atomic mass is 9.96. The van der Waals surface area contributed by atoms with E-state index in [0.29, 0.717) is 5.92 Å². The third-order valence-corrected chi connectivity index (χ3v) is 6.88. The molecule has 1 N–H and O–H groups in total. The van der Waals surface area contributed by atoms with Crippen LogP contribution in [0.25, 0.3) is 0 Å². The number of nitrogens with zero attached hydrogens (tertiary/aromatic N) is 5. The van der Waals surface area contributed by atoms with Gasteiger partial charge in [-0.05, 0) is 50.9 Å². The van der Waals surface area contributed by atoms with Gasteiger partial charge in [-0.25, -0.2) is 4.79 Å². The van der Waals surface area contributed by atoms with Crippen LogP contribution in [-0.4, -0.2) is 69.1 Å². The van der Waals surface area contributed by atoms with Crippen molar-refractivity contribution in [2.45, 2.75) is 36.8 Å². The van der Waals surface area contributed by atoms with E-state index >= 15 is 0 Å². The highest BCUT2D eigenvalue weighted by Crippen LogP contribution is 2.29. The van der Waals surface area contributed by atoms with Gasteiger partial charge in [-0.3, -0.25) is 0 Å². The summed E-state index contributed by atoms with van der Waals surface area (Å²) in [6, 6.07) is 9.60. The summed E-state index contributed by atoms with van der Waals surface area (Å²) in [5.41, 5.74) is 0.837. The van der Waals surface area contributed by atoms with E-state index in [1.54, 1.807) is 11.8 Å². The van der Waals surface area contributed by atoms with Crippen molar-refractivity contribution in [3.63, 3.8) is 0 Å². The van der Waals surface area contributed by atoms with Gasteiger partial charge in [0.1, 0.15) is 5.82 Å². The first-order valence-corrected chi connectivity index (χ1v) is 11.5. The van der Waals surface area contributed by atoms with Gasteiger partial charge in [0, 0.05) is 44.0 Å². The number of piperidine rings is 1. The van der Waals surface area contributed by atoms with Crippen LogP contribution in [0, 0.1) is 0 Å². The summed E-state index contributed by atoms with van der Waals surface area (Å²) >= 11 is 1.80. The monoisotopic (exact) mass is 414 g/mol. The van der Waals surface area contributed by atoms with Crippen molar-refractivity contribution in [1.29, 1.82) is 0 Å². The summed E-state index contributed by atoms with van der Waals surface area (Å²) in [4.78, 5) is 16.9. The molecule has 0 aliphatic carbocycles. The minimum Gasteiger partial charge on any atom is -0.324 e. The van der Waals surface area contributed by atoms with Gasteiger partial charge in [-0.15, -0.1) is 10.2 Å². The molecule has 29 heavy (non-hydrogen) atoms. The van der Waals surface area contributed by atoms with Crippen molar-refractivity contribution in [3.8, 4) is 0 Å². The Balaban J connectivity index is 1.26. The van der Waals surface area contributed by atoms with Crippen molar-refractivity contribution in [3.05, 3.63) is 36.2 Å². The summed E-state index contributed by atoms with van der Waals surface area (Å²) in [6.07, 6.45) is 4.51. The molecule has 1 aromatic heterocycles. The number of likely N-dealkylation sites (tertiary alicyclic amines) is 2. The van der Waals surface area contributed by atoms with E-state index in [1.165, 1.54) is 25.9 Å². The number of benzene rings is 1. The number of para-hydroxylation sites is 1. The van der Waals surface area contributed by atoms with E-state index in [4.69, 9.17) is 0 Å². The maximum absolute atomic E-state index is 12.5. The number of carbonyl (C=O) groups excluding carboxylic acids is 1. The number of aromatic nitrogens is 3. The van der Waals surface area contributed by atoms with Crippen LogP contribution in [0.2, 0.25) is 0 Å². The van der Waals surface area contributed by atoms with Crippen molar-refractivity contribution in [2.75, 3.05) is 43.8 Å². The first kappa shape index (κ1) is 20.2. The fraction of sp³-hybridized carbons (Fsp3) is 0.571. The van der Waals surface area contributed by atoms with Crippen LogP contribution in [0.15, 0.2) is 35.5 Å². The Labute approximate surface area is 176 Å². The van der Waals surface area contributed by atoms with Crippen LogP contribution in [0.3, 0.4) is 0 Å². The summed E-state index contributed by atoms with van der Waals surface area (Å²) < 4.78 is 2.15. The van der Waals surface area contributed by atoms with Crippen molar-refractivity contribution in [2.24, 2.45) is 7.05 Å². The number of hydrogen-bond acceptors (Lipinski definition) is 5. The van der Waals surface area contributed by atoms with Crippen LogP contribution < -0.4 is 5.32 Å². The Hall–Kier alpha value is -2.06. The second-order valence-electron chi connectivity index (χ2n) is 7.85. The van der Waals surface area contributed by atoms with E-state index in [9.17, 15) is 4.79 Å². The second-order valence-corrected chi connectivity index (χ2v) is 8.92. The molecule has 2 fully saturated rings. The summed E-state index contributed by atoms with van der Waals surface area (Å²) in [5, 5.41) is 12.9. The van der Waals surface area contributed by atoms with Gasteiger partial charge >= 0.3 is 6.03 Å². The van der Waals surface area contributed by atoms with Crippen LogP contribution >= 0.6 is 11.8 Å². The molecule has 0 spiro atoms. The molecule has 0 saturated carbocycles. The molecule has 0 unspecified atom stereocenters. The molecule has 2 amide bonds. The fourth-order valence-corrected chi connectivity index (χ4v) is 5.06. The summed E-state index contributed by atoms with van der Waals surface area (Å²) in [5.74, 6) is 2.47. The van der Waals surface area contributed by atoms with Crippen molar-refractivity contribution in [1.82, 2.24) is 24.6 Å². The standard InChI is InChI=1S/C21H30N6OS/c1-25-19(23-24-21(25)29-16-15-26-11-5-6-12-26)17-9-13-27(14-10-17)20(28)22-18-7-3-2-4-8-18/h2-4,7-8,17H,5-6,9-16H2,1H3,(H,22,28). The molecule has 2 aliphatic heterocycles. The maximum atomic E-state index is 12.5. The van der Waals surface area contributed by atoms with Crippen molar-refractivity contribution >= 4 is 23.5 Å². The highest BCUT2D eigenvalue weighted by Gasteiger charge is 2.27. The predicted molar refractivity (Wildman–Crippen MR) is 116 cm³/mol. The molecule has 4 rings (SSSR count). The summed E-state index contributed by atoms with van der Waals surface area (Å²) in [7, 11) is 2.07. The van der Waals surface area contributed by atoms with E-state index < -0.39 is 0 Å². The molecule has 0 bridgehead atoms. The topological polar surface area (TPSA) is 66.3 Å². The third-order valence-electron chi connectivity index (χ3n) is 5.88. The number of rotatable bonds is 6. The molecule has 2 aromatic rings. The highest BCUT2D eigenvalue weighted by atomic mass is 32.2. The minimum absolute atomic E-state index is 0.0224. The zero-order valence-electron chi connectivity index (χ0n) is 17.1. The SMILES string of the molecule is Cn1c(SCCN2CCCC2)nnc1C1CCN(C(=O)Nc2ccccc2)CC1. The number of thioether (sulfide) groups is 1. The van der Waals surface area contributed by atoms with E-state index in [1.807, 2.05) is 35.2 Å². The second kappa shape index (κ2) is 9.63. The molecular formula is C21H30N6OS. The number of nitrogens with one attached hydrogen (secondary N) is 1. The van der Waals surface area contributed by atoms with Crippen molar-refractivity contribution < 1.29 is 4.79 Å². The van der Waals surface area contributed by atoms with Gasteiger partial charge in [-0.2, -0.15) is 0 Å². The van der Waals surface area contributed by atoms with Gasteiger partial charge in [0.25, 0.3) is 0 Å². The normalized spacial score (nSPS) is 18.3. The maximum Gasteiger partial charge on any atom is 0.321 e. The van der Waals surface area contributed by atoms with Crippen LogP contribution in [0.4, 0.5) is 10.5 Å². The Morgan fingerprint density at radius 3 is 2.55 bits per heavy atom. The minimum atomic E-state index is -0.0224. The molecule has 156 valence electrons. The lowest BCUT2D eigenvalue weighted by Crippen LogP contribution is -2.40. The molecular weight excluding hydrogens is 384 g/mol. The number of carbonyl (C=O) groups is 1. The average molecular weight is 415 g/mol. The van der Waals surface area contributed by atoms with E-state index in [2.05, 4.69) is 32.0 Å². The smallest absolute Gasteiger partial charge is 0.321 e. The van der Waals surface area contributed by atoms with Crippen LogP contribution in [0.5, 0.6) is 0 Å². The van der Waals surface area contributed by atoms with Gasteiger partial charge in [0.2, 0.25) is 0 Å². The molecule has 2 saturated heterocycles. The average Bonchev–Trinajstić information content (AvgIpc) is 3.39. The van der Waals surface area contributed by atoms with Crippen LogP contribution in [0.1, 0.15) is 37.4 Å². The molecule has 7 nitrogen and oxygen atoms in total. The number of amides is 2. The predicted octanol–water partition coefficient (Wildman–Crippen LogP) is 3.41. The lowest BCUT2D eigenvalue weighted by Gasteiger charge is -2.31. The highest BCUT2D eigenvalue weighted by molar-refractivity contribution is 7.99. The number of hydrogen-bond donors (Lipinski definition) is 1. The lowest BCUT2D eigenvalue weighted by molar-refractivity contribution is 0.193. The molecule has 0 atom stereocenters. The van der Waals surface area contributed by atoms with Crippen LogP contribution in [-0.2, 0) is 7.05 Å². The van der Waals surface area contributed by atoms with Gasteiger partial charge in [0.05, 0.1) is 0 Å². The molecule has 3 heterocycles. The van der Waals surface area contributed by atoms with Gasteiger partial charge in [0.15, 0.2) is 5.16 Å². The first-order valence-electron chi connectivity index (χ1n) is 10.6. The number of anilines is 1. The Bertz CT molecular complexity index is 797. The largest absolute Gasteiger partial charge is 0.324 e. The molecule has 1 aromatic carbocycles. The summed E-state index contributed by atoms with van der Waals surface area (Å²) in [6.45, 7) is 5.09. The van der Waals surface area contributed by atoms with E-state index in [0.717, 1.165) is 54.9 Å². The quantitative estimate of drug-likeness (QED) is 0.734. The van der Waals surface area contributed by atoms with E-state index in [-0.39, 0.29) is 6.03 Å². The van der Waals surface area contributed by atoms with Gasteiger partial charge in [-0.1, -0.05) is 30.0 Å².